The Morgan fingerprint density at radius 3 is 2.03 bits per heavy atom. The molecule has 5 nitrogen and oxygen atoms in total. The maximum atomic E-state index is 13.5. The molecule has 0 fully saturated rings. The van der Waals surface area contributed by atoms with Crippen LogP contribution >= 0.6 is 15.9 Å². The van der Waals surface area contributed by atoms with E-state index in [0.29, 0.717) is 4.60 Å². The fourth-order valence-electron chi connectivity index (χ4n) is 3.29. The van der Waals surface area contributed by atoms with Crippen molar-refractivity contribution in [1.29, 1.82) is 0 Å². The summed E-state index contributed by atoms with van der Waals surface area (Å²) >= 11 is 3.38. The molecule has 2 amide bonds. The Bertz CT molecular complexity index is 954. The summed E-state index contributed by atoms with van der Waals surface area (Å²) in [4.78, 5) is 29.8. The Kier molecular flexibility index (Phi) is 6.44. The first-order valence-electron chi connectivity index (χ1n) is 9.23. The molecule has 29 heavy (non-hydrogen) atoms. The number of nitrogens with zero attached hydrogens (tertiary/aromatic N) is 1. The third-order valence-corrected chi connectivity index (χ3v) is 5.78. The highest BCUT2D eigenvalue weighted by Crippen LogP contribution is 2.32. The number of nitrogens with one attached hydrogen (secondary N) is 1. The molecule has 0 bridgehead atoms. The van der Waals surface area contributed by atoms with E-state index >= 15 is 0 Å². The second-order valence-corrected chi connectivity index (χ2v) is 7.69. The lowest BCUT2D eigenvalue weighted by molar-refractivity contribution is -0.129. The molecule has 0 saturated carbocycles. The first kappa shape index (κ1) is 20.7. The van der Waals surface area contributed by atoms with E-state index in [1.165, 1.54) is 0 Å². The normalized spacial score (nSPS) is 12.2. The van der Waals surface area contributed by atoms with E-state index in [-0.39, 0.29) is 12.3 Å². The van der Waals surface area contributed by atoms with Crippen LogP contribution in [0.4, 0.5) is 0 Å². The van der Waals surface area contributed by atoms with Crippen molar-refractivity contribution in [1.82, 2.24) is 10.3 Å². The molecule has 0 aliphatic heterocycles. The Balaban J connectivity index is 1.95. The van der Waals surface area contributed by atoms with Gasteiger partial charge in [0.1, 0.15) is 10.6 Å². The van der Waals surface area contributed by atoms with Gasteiger partial charge in [0.2, 0.25) is 11.8 Å². The molecule has 0 saturated heterocycles. The van der Waals surface area contributed by atoms with Crippen LogP contribution in [0.15, 0.2) is 83.6 Å². The number of halogens is 1. The van der Waals surface area contributed by atoms with Gasteiger partial charge < -0.3 is 11.1 Å². The second-order valence-electron chi connectivity index (χ2n) is 6.94. The molecule has 6 heteroatoms. The molecule has 3 aromatic rings. The molecule has 2 aromatic carbocycles. The van der Waals surface area contributed by atoms with Gasteiger partial charge in [-0.2, -0.15) is 0 Å². The number of primary amides is 1. The summed E-state index contributed by atoms with van der Waals surface area (Å²) in [5, 5.41) is 2.87. The summed E-state index contributed by atoms with van der Waals surface area (Å²) in [7, 11) is 0. The van der Waals surface area contributed by atoms with Crippen LogP contribution in [0.25, 0.3) is 0 Å². The highest BCUT2D eigenvalue weighted by atomic mass is 79.9. The average molecular weight is 452 g/mol. The molecule has 0 aliphatic rings. The van der Waals surface area contributed by atoms with Crippen LogP contribution < -0.4 is 11.1 Å². The van der Waals surface area contributed by atoms with Gasteiger partial charge in [-0.3, -0.25) is 9.59 Å². The number of nitrogens with two attached hydrogens (primary N) is 1. The number of carbonyl (C=O) groups excluding carboxylic acids is 2. The lowest BCUT2D eigenvalue weighted by atomic mass is 9.75. The monoisotopic (exact) mass is 451 g/mol. The Hall–Kier alpha value is -2.99. The van der Waals surface area contributed by atoms with Gasteiger partial charge in [-0.1, -0.05) is 66.7 Å². The van der Waals surface area contributed by atoms with E-state index in [0.717, 1.165) is 16.7 Å². The zero-order chi connectivity index (χ0) is 20.9. The Labute approximate surface area is 178 Å². The quantitative estimate of drug-likeness (QED) is 0.540. The van der Waals surface area contributed by atoms with Gasteiger partial charge >= 0.3 is 0 Å². The minimum Gasteiger partial charge on any atom is -0.368 e. The summed E-state index contributed by atoms with van der Waals surface area (Å²) in [6.45, 7) is 1.85. The summed E-state index contributed by atoms with van der Waals surface area (Å²) in [6, 6.07) is 21.7. The average Bonchev–Trinajstić information content (AvgIpc) is 2.75. The van der Waals surface area contributed by atoms with E-state index < -0.39 is 17.4 Å². The molecule has 1 atom stereocenters. The van der Waals surface area contributed by atoms with Gasteiger partial charge in [0.15, 0.2) is 0 Å². The zero-order valence-electron chi connectivity index (χ0n) is 16.0. The molecular weight excluding hydrogens is 430 g/mol. The maximum Gasteiger partial charge on any atom is 0.240 e. The minimum absolute atomic E-state index is 0.245. The van der Waals surface area contributed by atoms with Crippen molar-refractivity contribution < 1.29 is 9.59 Å². The fraction of sp³-hybridized carbons (Fsp3) is 0.174. The third kappa shape index (κ3) is 4.54. The standard InChI is InChI=1S/C23H22BrN3O2/c1-23(17-10-4-2-5-11-17,18-12-6-3-7-13-18)22(29)27-19(21(25)28)15-16-9-8-14-26-20(16)24/h2-14,19H,15H2,1H3,(H2,25,28)(H,27,29)/t19-/m1/s1. The predicted octanol–water partition coefficient (Wildman–Crippen LogP) is 3.36. The summed E-state index contributed by atoms with van der Waals surface area (Å²) < 4.78 is 0.620. The number of hydrogen-bond acceptors (Lipinski definition) is 3. The molecule has 1 heterocycles. The number of hydrogen-bond donors (Lipinski definition) is 2. The highest BCUT2D eigenvalue weighted by Gasteiger charge is 2.38. The predicted molar refractivity (Wildman–Crippen MR) is 116 cm³/mol. The van der Waals surface area contributed by atoms with E-state index in [1.54, 1.807) is 12.3 Å². The second kappa shape index (κ2) is 9.01. The number of pyridine rings is 1. The number of carbonyl (C=O) groups is 2. The molecule has 0 spiro atoms. The molecule has 1 aromatic heterocycles. The molecule has 3 rings (SSSR count). The smallest absolute Gasteiger partial charge is 0.240 e. The largest absolute Gasteiger partial charge is 0.368 e. The van der Waals surface area contributed by atoms with Crippen molar-refractivity contribution in [2.45, 2.75) is 24.8 Å². The first-order valence-corrected chi connectivity index (χ1v) is 10.0. The van der Waals surface area contributed by atoms with Crippen LogP contribution in [-0.2, 0) is 21.4 Å². The van der Waals surface area contributed by atoms with E-state index in [1.807, 2.05) is 73.7 Å². The number of amides is 2. The minimum atomic E-state index is -0.984. The van der Waals surface area contributed by atoms with E-state index in [9.17, 15) is 9.59 Å². The molecule has 0 unspecified atom stereocenters. The van der Waals surface area contributed by atoms with Crippen LogP contribution in [0.1, 0.15) is 23.6 Å². The van der Waals surface area contributed by atoms with Crippen molar-refractivity contribution in [3.05, 3.63) is 100 Å². The van der Waals surface area contributed by atoms with Gasteiger partial charge in [-0.05, 0) is 45.6 Å². The van der Waals surface area contributed by atoms with Crippen LogP contribution in [0.3, 0.4) is 0 Å². The van der Waals surface area contributed by atoms with E-state index in [4.69, 9.17) is 5.73 Å². The maximum absolute atomic E-state index is 13.5. The molecule has 3 N–H and O–H groups in total. The van der Waals surface area contributed by atoms with Crippen molar-refractivity contribution in [3.8, 4) is 0 Å². The van der Waals surface area contributed by atoms with Crippen molar-refractivity contribution in [2.24, 2.45) is 5.73 Å². The van der Waals surface area contributed by atoms with Crippen LogP contribution in [-0.4, -0.2) is 22.8 Å². The molecular formula is C23H22BrN3O2. The van der Waals surface area contributed by atoms with Gasteiger partial charge in [0.25, 0.3) is 0 Å². The van der Waals surface area contributed by atoms with Gasteiger partial charge in [-0.25, -0.2) is 4.98 Å². The first-order chi connectivity index (χ1) is 13.9. The Morgan fingerprint density at radius 1 is 1.00 bits per heavy atom. The Morgan fingerprint density at radius 2 is 1.55 bits per heavy atom. The topological polar surface area (TPSA) is 85.1 Å². The molecule has 148 valence electrons. The fourth-order valence-corrected chi connectivity index (χ4v) is 3.70. The molecule has 0 radical (unpaired) electrons. The van der Waals surface area contributed by atoms with Gasteiger partial charge in [0.05, 0.1) is 5.41 Å². The van der Waals surface area contributed by atoms with E-state index in [2.05, 4.69) is 26.2 Å². The third-order valence-electron chi connectivity index (χ3n) is 5.07. The van der Waals surface area contributed by atoms with Crippen molar-refractivity contribution >= 4 is 27.7 Å². The van der Waals surface area contributed by atoms with Crippen molar-refractivity contribution in [3.63, 3.8) is 0 Å². The molecule has 0 aliphatic carbocycles. The lowest BCUT2D eigenvalue weighted by Gasteiger charge is -2.31. The highest BCUT2D eigenvalue weighted by molar-refractivity contribution is 9.10. The summed E-state index contributed by atoms with van der Waals surface area (Å²) in [5.74, 6) is -0.892. The number of rotatable bonds is 7. The summed E-state index contributed by atoms with van der Waals surface area (Å²) in [5.41, 5.74) is 7.08. The van der Waals surface area contributed by atoms with Gasteiger partial charge in [-0.15, -0.1) is 0 Å². The SMILES string of the molecule is CC(C(=O)N[C@H](Cc1cccnc1Br)C(N)=O)(c1ccccc1)c1ccccc1. The number of benzene rings is 2. The van der Waals surface area contributed by atoms with Crippen LogP contribution in [0.2, 0.25) is 0 Å². The summed E-state index contributed by atoms with van der Waals surface area (Å²) in [6.07, 6.45) is 1.89. The number of aromatic nitrogens is 1. The zero-order valence-corrected chi connectivity index (χ0v) is 17.6. The van der Waals surface area contributed by atoms with Gasteiger partial charge in [0, 0.05) is 12.6 Å². The lowest BCUT2D eigenvalue weighted by Crippen LogP contribution is -2.52. The van der Waals surface area contributed by atoms with Crippen LogP contribution in [0.5, 0.6) is 0 Å². The van der Waals surface area contributed by atoms with Crippen molar-refractivity contribution in [2.75, 3.05) is 0 Å². The van der Waals surface area contributed by atoms with Crippen LogP contribution in [0, 0.1) is 0 Å².